The Labute approximate surface area is 328 Å². The Morgan fingerprint density at radius 2 is 1.73 bits per heavy atom. The lowest BCUT2D eigenvalue weighted by Crippen LogP contribution is -2.52. The van der Waals surface area contributed by atoms with E-state index in [0.717, 1.165) is 78.2 Å². The van der Waals surface area contributed by atoms with Gasteiger partial charge in [0.2, 0.25) is 17.7 Å². The zero-order valence-electron chi connectivity index (χ0n) is 31.5. The molecule has 1 spiro atoms. The van der Waals surface area contributed by atoms with Gasteiger partial charge in [-0.1, -0.05) is 35.9 Å². The van der Waals surface area contributed by atoms with E-state index in [-0.39, 0.29) is 35.1 Å². The van der Waals surface area contributed by atoms with Crippen LogP contribution in [0.4, 0.5) is 0 Å². The Balaban J connectivity index is 0.780. The highest BCUT2D eigenvalue weighted by Crippen LogP contribution is 2.50. The van der Waals surface area contributed by atoms with Gasteiger partial charge in [-0.25, -0.2) is 0 Å². The minimum Gasteiger partial charge on any atom is -0.492 e. The highest BCUT2D eigenvalue weighted by molar-refractivity contribution is 6.35. The minimum absolute atomic E-state index is 0.162. The van der Waals surface area contributed by atoms with Gasteiger partial charge in [0.05, 0.1) is 46.7 Å². The molecule has 1 atom stereocenters. The number of imide groups is 1. The van der Waals surface area contributed by atoms with Crippen molar-refractivity contribution in [1.29, 1.82) is 0 Å². The maximum Gasteiger partial charge on any atom is 0.282 e. The van der Waals surface area contributed by atoms with E-state index in [0.29, 0.717) is 61.1 Å². The Bertz CT molecular complexity index is 2460. The second kappa shape index (κ2) is 12.7. The molecule has 0 radical (unpaired) electrons. The average Bonchev–Trinajstić information content (AvgIpc) is 3.79. The predicted molar refractivity (Wildman–Crippen MR) is 208 cm³/mol. The number of carbonyl (C=O) groups excluding carboxylic acids is 4. The first kappa shape index (κ1) is 35.4. The molecule has 288 valence electrons. The number of carbonyl (C=O) groups is 4. The number of likely N-dealkylation sites (tertiary alicyclic amines) is 2. The van der Waals surface area contributed by atoms with Gasteiger partial charge in [-0.3, -0.25) is 38.8 Å². The molecule has 4 amide bonds. The molecule has 7 heterocycles. The number of nitrogens with zero attached hydrogens (tertiary/aromatic N) is 5. The molecule has 13 heteroatoms. The van der Waals surface area contributed by atoms with Crippen molar-refractivity contribution in [2.45, 2.75) is 81.7 Å². The minimum atomic E-state index is -0.663. The average molecular weight is 775 g/mol. The summed E-state index contributed by atoms with van der Waals surface area (Å²) in [6.07, 6.45) is 3.99. The Morgan fingerprint density at radius 3 is 2.50 bits per heavy atom. The van der Waals surface area contributed by atoms with Crippen LogP contribution in [0.1, 0.15) is 96.7 Å². The van der Waals surface area contributed by atoms with Crippen LogP contribution in [-0.4, -0.2) is 93.3 Å². The molecule has 10 rings (SSSR count). The summed E-state index contributed by atoms with van der Waals surface area (Å²) in [4.78, 5) is 74.7. The van der Waals surface area contributed by atoms with Crippen LogP contribution < -0.4 is 15.6 Å². The predicted octanol–water partition coefficient (Wildman–Crippen LogP) is 4.57. The monoisotopic (exact) mass is 774 g/mol. The van der Waals surface area contributed by atoms with E-state index in [2.05, 4.69) is 51.8 Å². The number of hydrogen-bond acceptors (Lipinski definition) is 8. The first-order valence-electron chi connectivity index (χ1n) is 19.7. The van der Waals surface area contributed by atoms with E-state index < -0.39 is 17.4 Å². The molecular weight excluding hydrogens is 732 g/mol. The summed E-state index contributed by atoms with van der Waals surface area (Å²) in [5.74, 6) is 1.03. The van der Waals surface area contributed by atoms with Crippen LogP contribution in [0, 0.1) is 0 Å². The summed E-state index contributed by atoms with van der Waals surface area (Å²) in [5.41, 5.74) is 5.74. The van der Waals surface area contributed by atoms with Crippen molar-refractivity contribution in [2.75, 3.05) is 39.3 Å². The van der Waals surface area contributed by atoms with Crippen LogP contribution in [0.15, 0.2) is 53.3 Å². The first-order valence-corrected chi connectivity index (χ1v) is 20.1. The summed E-state index contributed by atoms with van der Waals surface area (Å²) in [5, 5.41) is 3.21. The second-order valence-electron chi connectivity index (χ2n) is 17.0. The fourth-order valence-electron chi connectivity index (χ4n) is 10.3. The van der Waals surface area contributed by atoms with Crippen LogP contribution in [0.25, 0.3) is 16.6 Å². The van der Waals surface area contributed by atoms with Gasteiger partial charge >= 0.3 is 0 Å². The molecule has 6 aliphatic heterocycles. The first-order chi connectivity index (χ1) is 26.9. The summed E-state index contributed by atoms with van der Waals surface area (Å²) in [6, 6.07) is 15.4. The lowest BCUT2D eigenvalue weighted by Gasteiger charge is -2.39. The van der Waals surface area contributed by atoms with Crippen molar-refractivity contribution in [3.8, 4) is 11.4 Å². The fraction of sp³-hybridized carbons (Fsp3) is 0.442. The van der Waals surface area contributed by atoms with Crippen LogP contribution >= 0.6 is 11.6 Å². The number of amides is 4. The zero-order valence-corrected chi connectivity index (χ0v) is 32.3. The van der Waals surface area contributed by atoms with Gasteiger partial charge < -0.3 is 14.5 Å². The summed E-state index contributed by atoms with van der Waals surface area (Å²) < 4.78 is 8.45. The molecule has 0 unspecified atom stereocenters. The van der Waals surface area contributed by atoms with E-state index in [4.69, 9.17) is 16.3 Å². The molecule has 56 heavy (non-hydrogen) atoms. The van der Waals surface area contributed by atoms with Gasteiger partial charge in [-0.05, 0) is 100 Å². The van der Waals surface area contributed by atoms with Gasteiger partial charge in [0.25, 0.3) is 11.5 Å². The molecule has 6 aliphatic rings. The molecule has 3 saturated heterocycles. The zero-order chi connectivity index (χ0) is 38.7. The summed E-state index contributed by atoms with van der Waals surface area (Å²) in [6.45, 7) is 8.38. The van der Waals surface area contributed by atoms with Crippen molar-refractivity contribution in [1.82, 2.24) is 29.6 Å². The number of nitrogens with one attached hydrogen (secondary N) is 1. The molecule has 0 aliphatic carbocycles. The lowest BCUT2D eigenvalue weighted by atomic mass is 9.74. The molecule has 4 aromatic rings. The number of rotatable bonds is 4. The molecule has 0 saturated carbocycles. The van der Waals surface area contributed by atoms with Crippen molar-refractivity contribution < 1.29 is 23.9 Å². The van der Waals surface area contributed by atoms with E-state index >= 15 is 0 Å². The number of halogens is 1. The van der Waals surface area contributed by atoms with Crippen molar-refractivity contribution in [3.63, 3.8) is 0 Å². The van der Waals surface area contributed by atoms with E-state index in [1.54, 1.807) is 11.0 Å². The summed E-state index contributed by atoms with van der Waals surface area (Å²) >= 11 is 6.49. The van der Waals surface area contributed by atoms with Crippen LogP contribution in [0.2, 0.25) is 5.02 Å². The van der Waals surface area contributed by atoms with E-state index in [1.165, 1.54) is 5.56 Å². The van der Waals surface area contributed by atoms with E-state index in [1.807, 2.05) is 29.2 Å². The number of aromatic nitrogens is 2. The normalized spacial score (nSPS) is 22.6. The third-order valence-electron chi connectivity index (χ3n) is 13.6. The maximum atomic E-state index is 13.7. The third-order valence-corrected chi connectivity index (χ3v) is 13.9. The van der Waals surface area contributed by atoms with Gasteiger partial charge in [0.15, 0.2) is 0 Å². The molecule has 12 nitrogen and oxygen atoms in total. The molecule has 1 N–H and O–H groups in total. The highest BCUT2D eigenvalue weighted by Gasteiger charge is 2.48. The standard InChI is InChI=1S/C43H43ClN6O6/c1-42(2)28-8-6-25(20-33(28)50-31-5-3-4-30(44)36(31)39(54)46-41(42)50)24-12-16-48(17-13-24)35(52)22-47-18-14-43(15-19-47)23-56-37-27-21-49(32-10-11-34(51)45-38(32)53)40(55)26(27)7-9-29(37)43/h3-9,20,24,32H,10-19,21-23H2,1-2H3,(H,45,51,53)/t32-/m0/s1. The molecule has 0 bridgehead atoms. The van der Waals surface area contributed by atoms with Gasteiger partial charge in [-0.15, -0.1) is 0 Å². The number of hydrogen-bond donors (Lipinski definition) is 1. The molecule has 1 aromatic heterocycles. The number of benzene rings is 3. The van der Waals surface area contributed by atoms with Gasteiger partial charge in [-0.2, -0.15) is 4.98 Å². The van der Waals surface area contributed by atoms with Gasteiger partial charge in [0, 0.05) is 41.6 Å². The van der Waals surface area contributed by atoms with Crippen LogP contribution in [-0.2, 0) is 31.8 Å². The van der Waals surface area contributed by atoms with Gasteiger partial charge in [0.1, 0.15) is 17.6 Å². The number of fused-ring (bicyclic) bond motifs is 9. The Morgan fingerprint density at radius 1 is 0.964 bits per heavy atom. The smallest absolute Gasteiger partial charge is 0.282 e. The van der Waals surface area contributed by atoms with Crippen LogP contribution in [0.5, 0.6) is 5.75 Å². The Hall–Kier alpha value is -5.07. The van der Waals surface area contributed by atoms with Crippen molar-refractivity contribution in [2.24, 2.45) is 0 Å². The number of piperidine rings is 3. The molecule has 3 fully saturated rings. The topological polar surface area (TPSA) is 134 Å². The van der Waals surface area contributed by atoms with E-state index in [9.17, 15) is 24.0 Å². The molecule has 3 aromatic carbocycles. The fourth-order valence-corrected chi connectivity index (χ4v) is 10.6. The van der Waals surface area contributed by atoms with Crippen molar-refractivity contribution in [3.05, 3.63) is 97.5 Å². The highest BCUT2D eigenvalue weighted by atomic mass is 35.5. The maximum absolute atomic E-state index is 13.7. The third kappa shape index (κ3) is 5.28. The lowest BCUT2D eigenvalue weighted by molar-refractivity contribution is -0.137. The van der Waals surface area contributed by atoms with Crippen LogP contribution in [0.3, 0.4) is 0 Å². The largest absolute Gasteiger partial charge is 0.492 e. The Kier molecular flexibility index (Phi) is 8.03. The second-order valence-corrected chi connectivity index (χ2v) is 17.4. The quantitative estimate of drug-likeness (QED) is 0.299. The number of ether oxygens (including phenoxy) is 1. The summed E-state index contributed by atoms with van der Waals surface area (Å²) in [7, 11) is 0. The molecular formula is C43H43ClN6O6. The van der Waals surface area contributed by atoms with Crippen molar-refractivity contribution >= 4 is 46.1 Å². The SMILES string of the molecule is CC1(C)c2ccc(C3CCN(C(=O)CN4CCC5(CC4)COc4c5ccc5c4CN([C@H]4CCC(=O)NC4=O)C5=O)CC3)cc2-n2c1nc(=O)c1c(Cl)cccc12.